The van der Waals surface area contributed by atoms with Crippen LogP contribution in [0.3, 0.4) is 0 Å². The lowest BCUT2D eigenvalue weighted by molar-refractivity contribution is -0.153. The standard InChI is InChI=1S/C48H97NO4/c1-8-10-12-14-16-18-20-22-24-26-28-30-32-34-36-38-41-49(46(50)44-52-48(5,6)45-53-47(3,4)40-43-51-7)42-39-37-35-33-31-29-27-25-23-21-19-17-15-13-11-9-2/h8-45H2,1-7H3. The Morgan fingerprint density at radius 3 is 1.04 bits per heavy atom. The highest BCUT2D eigenvalue weighted by Gasteiger charge is 2.27. The fraction of sp³-hybridized carbons (Fsp3) is 0.979. The summed E-state index contributed by atoms with van der Waals surface area (Å²) in [4.78, 5) is 15.6. The van der Waals surface area contributed by atoms with Crippen LogP contribution in [0.25, 0.3) is 0 Å². The lowest BCUT2D eigenvalue weighted by atomic mass is 10.0. The Kier molecular flexibility index (Phi) is 37.8. The first-order valence-corrected chi connectivity index (χ1v) is 23.7. The predicted molar refractivity (Wildman–Crippen MR) is 232 cm³/mol. The molecule has 318 valence electrons. The highest BCUT2D eigenvalue weighted by atomic mass is 16.6. The highest BCUT2D eigenvalue weighted by Crippen LogP contribution is 2.20. The van der Waals surface area contributed by atoms with Gasteiger partial charge in [-0.05, 0) is 47.0 Å². The van der Waals surface area contributed by atoms with Gasteiger partial charge in [-0.3, -0.25) is 4.79 Å². The fourth-order valence-electron chi connectivity index (χ4n) is 7.24. The number of nitrogens with zero attached hydrogens (tertiary/aromatic N) is 1. The molecule has 0 rings (SSSR count). The van der Waals surface area contributed by atoms with Crippen LogP contribution in [0.1, 0.15) is 253 Å². The second kappa shape index (κ2) is 38.2. The van der Waals surface area contributed by atoms with Crippen molar-refractivity contribution in [2.75, 3.05) is 40.0 Å². The van der Waals surface area contributed by atoms with Crippen LogP contribution >= 0.6 is 0 Å². The molecule has 0 heterocycles. The van der Waals surface area contributed by atoms with Gasteiger partial charge in [0.25, 0.3) is 0 Å². The van der Waals surface area contributed by atoms with Gasteiger partial charge in [0.2, 0.25) is 5.91 Å². The third-order valence-corrected chi connectivity index (χ3v) is 11.2. The monoisotopic (exact) mass is 752 g/mol. The first kappa shape index (κ1) is 52.3. The molecule has 0 aromatic heterocycles. The molecule has 0 bridgehead atoms. The summed E-state index contributed by atoms with van der Waals surface area (Å²) in [6.07, 6.45) is 44.6. The summed E-state index contributed by atoms with van der Waals surface area (Å²) < 4.78 is 17.6. The zero-order valence-electron chi connectivity index (χ0n) is 37.5. The summed E-state index contributed by atoms with van der Waals surface area (Å²) in [7, 11) is 1.72. The largest absolute Gasteiger partial charge is 0.385 e. The van der Waals surface area contributed by atoms with Crippen molar-refractivity contribution in [3.8, 4) is 0 Å². The average molecular weight is 752 g/mol. The molecule has 0 aliphatic carbocycles. The van der Waals surface area contributed by atoms with Crippen LogP contribution in [0.2, 0.25) is 0 Å². The van der Waals surface area contributed by atoms with E-state index in [9.17, 15) is 4.79 Å². The highest BCUT2D eigenvalue weighted by molar-refractivity contribution is 5.77. The number of ether oxygens (including phenoxy) is 3. The first-order chi connectivity index (χ1) is 25.7. The van der Waals surface area contributed by atoms with Crippen molar-refractivity contribution < 1.29 is 19.0 Å². The van der Waals surface area contributed by atoms with Gasteiger partial charge >= 0.3 is 0 Å². The van der Waals surface area contributed by atoms with E-state index in [1.807, 2.05) is 13.8 Å². The number of hydrogen-bond acceptors (Lipinski definition) is 4. The Morgan fingerprint density at radius 2 is 0.736 bits per heavy atom. The van der Waals surface area contributed by atoms with Crippen LogP contribution in [0.15, 0.2) is 0 Å². The van der Waals surface area contributed by atoms with E-state index in [-0.39, 0.29) is 18.1 Å². The van der Waals surface area contributed by atoms with Crippen LogP contribution in [-0.4, -0.2) is 62.0 Å². The number of carbonyl (C=O) groups excluding carboxylic acids is 1. The normalized spacial score (nSPS) is 12.2. The number of hydrogen-bond donors (Lipinski definition) is 0. The van der Waals surface area contributed by atoms with Crippen molar-refractivity contribution in [3.05, 3.63) is 0 Å². The van der Waals surface area contributed by atoms with E-state index < -0.39 is 5.60 Å². The molecule has 0 aliphatic heterocycles. The van der Waals surface area contributed by atoms with E-state index in [4.69, 9.17) is 14.2 Å². The van der Waals surface area contributed by atoms with Gasteiger partial charge in [0.15, 0.2) is 0 Å². The van der Waals surface area contributed by atoms with Crippen LogP contribution in [-0.2, 0) is 19.0 Å². The lowest BCUT2D eigenvalue weighted by Crippen LogP contribution is -2.41. The Hall–Kier alpha value is -0.650. The summed E-state index contributed by atoms with van der Waals surface area (Å²) in [5, 5.41) is 0. The molecule has 0 unspecified atom stereocenters. The van der Waals surface area contributed by atoms with Crippen molar-refractivity contribution >= 4 is 5.91 Å². The third-order valence-electron chi connectivity index (χ3n) is 11.2. The van der Waals surface area contributed by atoms with Gasteiger partial charge < -0.3 is 19.1 Å². The molecule has 0 N–H and O–H groups in total. The van der Waals surface area contributed by atoms with Crippen molar-refractivity contribution in [2.24, 2.45) is 0 Å². The van der Waals surface area contributed by atoms with Crippen LogP contribution in [0.5, 0.6) is 0 Å². The van der Waals surface area contributed by atoms with Crippen molar-refractivity contribution in [1.82, 2.24) is 4.90 Å². The number of rotatable bonds is 43. The van der Waals surface area contributed by atoms with Gasteiger partial charge in [-0.15, -0.1) is 0 Å². The summed E-state index contributed by atoms with van der Waals surface area (Å²) in [6.45, 7) is 15.8. The van der Waals surface area contributed by atoms with E-state index in [1.54, 1.807) is 7.11 Å². The van der Waals surface area contributed by atoms with Crippen molar-refractivity contribution in [3.63, 3.8) is 0 Å². The van der Waals surface area contributed by atoms with Gasteiger partial charge in [-0.25, -0.2) is 0 Å². The molecule has 0 saturated heterocycles. The molecule has 0 fully saturated rings. The van der Waals surface area contributed by atoms with Gasteiger partial charge in [0.1, 0.15) is 6.61 Å². The van der Waals surface area contributed by atoms with E-state index in [0.29, 0.717) is 13.2 Å². The smallest absolute Gasteiger partial charge is 0.248 e. The molecular weight excluding hydrogens is 655 g/mol. The van der Waals surface area contributed by atoms with E-state index in [2.05, 4.69) is 32.6 Å². The van der Waals surface area contributed by atoms with Gasteiger partial charge in [0.05, 0.1) is 17.8 Å². The van der Waals surface area contributed by atoms with E-state index in [1.165, 1.54) is 193 Å². The fourth-order valence-corrected chi connectivity index (χ4v) is 7.24. The molecule has 0 aromatic rings. The molecule has 0 radical (unpaired) electrons. The molecule has 53 heavy (non-hydrogen) atoms. The quantitative estimate of drug-likeness (QED) is 0.0582. The van der Waals surface area contributed by atoms with Crippen LogP contribution < -0.4 is 0 Å². The average Bonchev–Trinajstić information content (AvgIpc) is 3.14. The minimum absolute atomic E-state index is 0.132. The maximum absolute atomic E-state index is 13.5. The van der Waals surface area contributed by atoms with Crippen molar-refractivity contribution in [1.29, 1.82) is 0 Å². The summed E-state index contributed by atoms with van der Waals surface area (Å²) in [6, 6.07) is 0. The summed E-state index contributed by atoms with van der Waals surface area (Å²) >= 11 is 0. The van der Waals surface area contributed by atoms with Crippen LogP contribution in [0.4, 0.5) is 0 Å². The molecule has 0 saturated carbocycles. The Labute approximate surface area is 333 Å². The molecule has 0 atom stereocenters. The van der Waals surface area contributed by atoms with E-state index >= 15 is 0 Å². The maximum Gasteiger partial charge on any atom is 0.248 e. The van der Waals surface area contributed by atoms with Gasteiger partial charge in [-0.1, -0.05) is 206 Å². The van der Waals surface area contributed by atoms with Crippen molar-refractivity contribution in [2.45, 2.75) is 265 Å². The minimum Gasteiger partial charge on any atom is -0.385 e. The molecule has 1 amide bonds. The van der Waals surface area contributed by atoms with Gasteiger partial charge in [0, 0.05) is 26.8 Å². The molecule has 0 spiro atoms. The number of unbranched alkanes of at least 4 members (excludes halogenated alkanes) is 30. The summed E-state index contributed by atoms with van der Waals surface area (Å²) in [5.41, 5.74) is -0.804. The molecular formula is C48H97NO4. The molecule has 0 aromatic carbocycles. The molecule has 5 heteroatoms. The Morgan fingerprint density at radius 1 is 0.434 bits per heavy atom. The Balaban J connectivity index is 4.34. The predicted octanol–water partition coefficient (Wildman–Crippen LogP) is 15.0. The molecule has 5 nitrogen and oxygen atoms in total. The van der Waals surface area contributed by atoms with Gasteiger partial charge in [-0.2, -0.15) is 0 Å². The molecule has 0 aliphatic rings. The zero-order chi connectivity index (χ0) is 39.1. The SMILES string of the molecule is CCCCCCCCCCCCCCCCCCN(CCCCCCCCCCCCCCCCCC)C(=O)COC(C)(C)COC(C)(C)CCOC. The second-order valence-electron chi connectivity index (χ2n) is 17.8. The third kappa shape index (κ3) is 38.0. The number of carbonyl (C=O) groups is 1. The lowest BCUT2D eigenvalue weighted by Gasteiger charge is -2.32. The maximum atomic E-state index is 13.5. The van der Waals surface area contributed by atoms with E-state index in [0.717, 1.165) is 32.4 Å². The zero-order valence-corrected chi connectivity index (χ0v) is 37.5. The Bertz CT molecular complexity index is 718. The summed E-state index contributed by atoms with van der Waals surface area (Å²) in [5.74, 6) is 0.138. The number of amides is 1. The topological polar surface area (TPSA) is 48.0 Å². The second-order valence-corrected chi connectivity index (χ2v) is 17.8. The first-order valence-electron chi connectivity index (χ1n) is 23.7. The van der Waals surface area contributed by atoms with Crippen LogP contribution in [0, 0.1) is 0 Å². The minimum atomic E-state index is -0.520. The number of methoxy groups -OCH3 is 1.